The average Bonchev–Trinajstić information content (AvgIpc) is 2.98. The fourth-order valence-corrected chi connectivity index (χ4v) is 2.09. The Hall–Kier alpha value is -3.29. The number of halogens is 1. The van der Waals surface area contributed by atoms with Crippen molar-refractivity contribution >= 4 is 11.7 Å². The molecule has 0 unspecified atom stereocenters. The predicted octanol–water partition coefficient (Wildman–Crippen LogP) is 2.91. The summed E-state index contributed by atoms with van der Waals surface area (Å²) in [5.74, 6) is 0.810. The third kappa shape index (κ3) is 4.37. The minimum absolute atomic E-state index is 0.245. The second-order valence-electron chi connectivity index (χ2n) is 5.34. The average molecular weight is 342 g/mol. The van der Waals surface area contributed by atoms with Gasteiger partial charge in [-0.3, -0.25) is 4.79 Å². The van der Waals surface area contributed by atoms with Crippen LogP contribution in [0.1, 0.15) is 11.5 Å². The minimum Gasteiger partial charge on any atom is -0.467 e. The summed E-state index contributed by atoms with van der Waals surface area (Å²) in [5, 5.41) is 6.21. The molecule has 0 aliphatic carbocycles. The standard InChI is InChI=1S/C17H15FN4O3/c1-10-7-16(21-17(19-10)12-3-5-13(18)6-4-12)24-9-15(23)20-14-8-11(2)25-22-14/h3-8H,9H2,1-2H3,(H,20,22,23). The first-order valence-electron chi connectivity index (χ1n) is 7.47. The molecular weight excluding hydrogens is 327 g/mol. The second kappa shape index (κ2) is 7.08. The van der Waals surface area contributed by atoms with Crippen LogP contribution in [-0.4, -0.2) is 27.6 Å². The van der Waals surface area contributed by atoms with E-state index in [1.165, 1.54) is 12.1 Å². The van der Waals surface area contributed by atoms with Gasteiger partial charge in [-0.2, -0.15) is 4.98 Å². The molecule has 128 valence electrons. The monoisotopic (exact) mass is 342 g/mol. The van der Waals surface area contributed by atoms with Crippen LogP contribution in [0.15, 0.2) is 40.9 Å². The number of anilines is 1. The molecule has 25 heavy (non-hydrogen) atoms. The molecule has 2 aromatic heterocycles. The van der Waals surface area contributed by atoms with E-state index in [0.717, 1.165) is 0 Å². The highest BCUT2D eigenvalue weighted by molar-refractivity contribution is 5.90. The lowest BCUT2D eigenvalue weighted by Crippen LogP contribution is -2.20. The van der Waals surface area contributed by atoms with Gasteiger partial charge in [-0.15, -0.1) is 0 Å². The van der Waals surface area contributed by atoms with Gasteiger partial charge in [0, 0.05) is 23.4 Å². The molecule has 2 heterocycles. The number of nitrogens with one attached hydrogen (secondary N) is 1. The lowest BCUT2D eigenvalue weighted by Gasteiger charge is -2.08. The fraction of sp³-hybridized carbons (Fsp3) is 0.176. The molecule has 1 N–H and O–H groups in total. The number of aryl methyl sites for hydroxylation is 2. The number of hydrogen-bond donors (Lipinski definition) is 1. The SMILES string of the molecule is Cc1cc(OCC(=O)Nc2cc(C)on2)nc(-c2ccc(F)cc2)n1. The maximum absolute atomic E-state index is 13.0. The van der Waals surface area contributed by atoms with Crippen molar-refractivity contribution in [2.24, 2.45) is 0 Å². The maximum atomic E-state index is 13.0. The number of ether oxygens (including phenoxy) is 1. The summed E-state index contributed by atoms with van der Waals surface area (Å²) in [7, 11) is 0. The van der Waals surface area contributed by atoms with Crippen LogP contribution in [0.5, 0.6) is 5.88 Å². The maximum Gasteiger partial charge on any atom is 0.263 e. The van der Waals surface area contributed by atoms with Crippen LogP contribution < -0.4 is 10.1 Å². The number of carbonyl (C=O) groups excluding carboxylic acids is 1. The van der Waals surface area contributed by atoms with Crippen molar-refractivity contribution in [3.8, 4) is 17.3 Å². The summed E-state index contributed by atoms with van der Waals surface area (Å²) in [6.45, 7) is 3.25. The van der Waals surface area contributed by atoms with Crippen LogP contribution in [0, 0.1) is 19.7 Å². The number of hydrogen-bond acceptors (Lipinski definition) is 6. The minimum atomic E-state index is -0.395. The van der Waals surface area contributed by atoms with E-state index in [1.54, 1.807) is 38.1 Å². The summed E-state index contributed by atoms with van der Waals surface area (Å²) in [6, 6.07) is 9.02. The zero-order valence-corrected chi connectivity index (χ0v) is 13.6. The largest absolute Gasteiger partial charge is 0.467 e. The molecule has 0 saturated heterocycles. The first-order chi connectivity index (χ1) is 12.0. The lowest BCUT2D eigenvalue weighted by atomic mass is 10.2. The van der Waals surface area contributed by atoms with Gasteiger partial charge in [0.15, 0.2) is 18.2 Å². The molecule has 0 atom stereocenters. The normalized spacial score (nSPS) is 10.5. The second-order valence-corrected chi connectivity index (χ2v) is 5.34. The Kier molecular flexibility index (Phi) is 4.69. The Labute approximate surface area is 142 Å². The molecule has 0 spiro atoms. The molecule has 1 amide bonds. The molecule has 3 rings (SSSR count). The molecule has 0 radical (unpaired) electrons. The Bertz CT molecular complexity index is 893. The van der Waals surface area contributed by atoms with E-state index in [4.69, 9.17) is 9.26 Å². The molecule has 0 saturated carbocycles. The van der Waals surface area contributed by atoms with E-state index in [9.17, 15) is 9.18 Å². The third-order valence-corrected chi connectivity index (χ3v) is 3.18. The zero-order valence-electron chi connectivity index (χ0n) is 13.6. The van der Waals surface area contributed by atoms with Gasteiger partial charge < -0.3 is 14.6 Å². The van der Waals surface area contributed by atoms with Crippen LogP contribution in [0.3, 0.4) is 0 Å². The topological polar surface area (TPSA) is 90.1 Å². The van der Waals surface area contributed by atoms with Gasteiger partial charge in [-0.25, -0.2) is 9.37 Å². The highest BCUT2D eigenvalue weighted by Gasteiger charge is 2.10. The van der Waals surface area contributed by atoms with Crippen LogP contribution >= 0.6 is 0 Å². The van der Waals surface area contributed by atoms with Crippen molar-refractivity contribution < 1.29 is 18.4 Å². The van der Waals surface area contributed by atoms with Crippen molar-refractivity contribution in [2.75, 3.05) is 11.9 Å². The van der Waals surface area contributed by atoms with Gasteiger partial charge >= 0.3 is 0 Å². The molecule has 7 nitrogen and oxygen atoms in total. The van der Waals surface area contributed by atoms with Crippen molar-refractivity contribution in [1.29, 1.82) is 0 Å². The van der Waals surface area contributed by atoms with E-state index in [0.29, 0.717) is 28.7 Å². The highest BCUT2D eigenvalue weighted by atomic mass is 19.1. The van der Waals surface area contributed by atoms with E-state index < -0.39 is 5.91 Å². The summed E-state index contributed by atoms with van der Waals surface area (Å²) in [5.41, 5.74) is 1.31. The van der Waals surface area contributed by atoms with Gasteiger partial charge in [0.05, 0.1) is 0 Å². The Balaban J connectivity index is 1.68. The first kappa shape index (κ1) is 16.6. The van der Waals surface area contributed by atoms with E-state index >= 15 is 0 Å². The number of aromatic nitrogens is 3. The number of carbonyl (C=O) groups is 1. The quantitative estimate of drug-likeness (QED) is 0.767. The number of rotatable bonds is 5. The van der Waals surface area contributed by atoms with Gasteiger partial charge in [0.1, 0.15) is 11.6 Å². The summed E-state index contributed by atoms with van der Waals surface area (Å²) in [4.78, 5) is 20.4. The van der Waals surface area contributed by atoms with E-state index in [2.05, 4.69) is 20.4 Å². The third-order valence-electron chi connectivity index (χ3n) is 3.18. The fourth-order valence-electron chi connectivity index (χ4n) is 2.09. The van der Waals surface area contributed by atoms with Crippen molar-refractivity contribution in [2.45, 2.75) is 13.8 Å². The highest BCUT2D eigenvalue weighted by Crippen LogP contribution is 2.19. The molecule has 3 aromatic rings. The lowest BCUT2D eigenvalue weighted by molar-refractivity contribution is -0.118. The predicted molar refractivity (Wildman–Crippen MR) is 87.5 cm³/mol. The molecular formula is C17H15FN4O3. The van der Waals surface area contributed by atoms with Crippen LogP contribution in [0.4, 0.5) is 10.2 Å². The molecule has 0 aliphatic heterocycles. The smallest absolute Gasteiger partial charge is 0.263 e. The van der Waals surface area contributed by atoms with Crippen molar-refractivity contribution in [3.05, 3.63) is 53.7 Å². The molecule has 0 fully saturated rings. The van der Waals surface area contributed by atoms with Crippen LogP contribution in [-0.2, 0) is 4.79 Å². The summed E-state index contributed by atoms with van der Waals surface area (Å²) >= 11 is 0. The first-order valence-corrected chi connectivity index (χ1v) is 7.47. The zero-order chi connectivity index (χ0) is 17.8. The van der Waals surface area contributed by atoms with Crippen LogP contribution in [0.25, 0.3) is 11.4 Å². The Morgan fingerprint density at radius 3 is 2.64 bits per heavy atom. The van der Waals surface area contributed by atoms with Crippen molar-refractivity contribution in [1.82, 2.24) is 15.1 Å². The molecule has 8 heteroatoms. The molecule has 0 bridgehead atoms. The number of benzene rings is 1. The summed E-state index contributed by atoms with van der Waals surface area (Å²) < 4.78 is 23.3. The Morgan fingerprint density at radius 1 is 1.20 bits per heavy atom. The summed E-state index contributed by atoms with van der Waals surface area (Å²) in [6.07, 6.45) is 0. The van der Waals surface area contributed by atoms with Crippen LogP contribution in [0.2, 0.25) is 0 Å². The van der Waals surface area contributed by atoms with Gasteiger partial charge in [0.2, 0.25) is 5.88 Å². The van der Waals surface area contributed by atoms with E-state index in [-0.39, 0.29) is 18.3 Å². The number of amides is 1. The number of nitrogens with zero attached hydrogens (tertiary/aromatic N) is 3. The van der Waals surface area contributed by atoms with E-state index in [1.807, 2.05) is 0 Å². The van der Waals surface area contributed by atoms with Crippen molar-refractivity contribution in [3.63, 3.8) is 0 Å². The van der Waals surface area contributed by atoms with Gasteiger partial charge in [-0.05, 0) is 38.1 Å². The molecule has 0 aliphatic rings. The molecule has 1 aromatic carbocycles. The van der Waals surface area contributed by atoms with Gasteiger partial charge in [0.25, 0.3) is 5.91 Å². The Morgan fingerprint density at radius 2 is 1.96 bits per heavy atom. The van der Waals surface area contributed by atoms with Gasteiger partial charge in [-0.1, -0.05) is 5.16 Å².